The molecular weight excluding hydrogens is 390 g/mol. The van der Waals surface area contributed by atoms with Crippen LogP contribution in [0.4, 0.5) is 0 Å². The number of aromatic nitrogens is 4. The first-order valence-electron chi connectivity index (χ1n) is 10.9. The highest BCUT2D eigenvalue weighted by Crippen LogP contribution is 2.44. The molecule has 31 heavy (non-hydrogen) atoms. The van der Waals surface area contributed by atoms with Crippen molar-refractivity contribution in [2.75, 3.05) is 13.7 Å². The van der Waals surface area contributed by atoms with E-state index in [1.54, 1.807) is 11.9 Å². The largest absolute Gasteiger partial charge is 0.496 e. The third-order valence-corrected chi connectivity index (χ3v) is 6.11. The summed E-state index contributed by atoms with van der Waals surface area (Å²) < 4.78 is 5.60. The minimum atomic E-state index is -0.0414. The molecule has 162 valence electrons. The molecule has 1 aliphatic rings. The maximum absolute atomic E-state index is 12.5. The summed E-state index contributed by atoms with van der Waals surface area (Å²) in [7, 11) is 1.71. The Morgan fingerprint density at radius 3 is 2.61 bits per heavy atom. The molecule has 0 aliphatic heterocycles. The minimum Gasteiger partial charge on any atom is -0.496 e. The van der Waals surface area contributed by atoms with Gasteiger partial charge in [0.1, 0.15) is 5.75 Å². The van der Waals surface area contributed by atoms with E-state index in [4.69, 9.17) is 4.74 Å². The predicted octanol–water partition coefficient (Wildman–Crippen LogP) is 3.76. The van der Waals surface area contributed by atoms with Crippen molar-refractivity contribution in [1.29, 1.82) is 0 Å². The number of nitrogens with one attached hydrogen (secondary N) is 1. The molecule has 2 aromatic carbocycles. The quantitative estimate of drug-likeness (QED) is 0.571. The van der Waals surface area contributed by atoms with Crippen LogP contribution in [-0.2, 0) is 16.8 Å². The summed E-state index contributed by atoms with van der Waals surface area (Å²) >= 11 is 0. The molecule has 1 aromatic heterocycles. The number of methoxy groups -OCH3 is 1. The second-order valence-electron chi connectivity index (χ2n) is 8.14. The zero-order valence-electron chi connectivity index (χ0n) is 18.0. The van der Waals surface area contributed by atoms with Crippen molar-refractivity contribution >= 4 is 5.91 Å². The Hall–Kier alpha value is -3.22. The zero-order chi connectivity index (χ0) is 21.5. The lowest BCUT2D eigenvalue weighted by Gasteiger charge is -2.31. The van der Waals surface area contributed by atoms with Gasteiger partial charge in [-0.2, -0.15) is 4.80 Å². The van der Waals surface area contributed by atoms with Crippen molar-refractivity contribution in [3.63, 3.8) is 0 Å². The van der Waals surface area contributed by atoms with E-state index in [0.29, 0.717) is 31.8 Å². The Morgan fingerprint density at radius 1 is 1.10 bits per heavy atom. The van der Waals surface area contributed by atoms with Gasteiger partial charge in [-0.3, -0.25) is 4.79 Å². The number of tetrazole rings is 1. The molecule has 0 saturated heterocycles. The second-order valence-corrected chi connectivity index (χ2v) is 8.14. The van der Waals surface area contributed by atoms with Gasteiger partial charge >= 0.3 is 0 Å². The van der Waals surface area contributed by atoms with E-state index in [-0.39, 0.29) is 11.3 Å². The molecule has 0 unspecified atom stereocenters. The van der Waals surface area contributed by atoms with Crippen LogP contribution in [0, 0.1) is 0 Å². The number of carbonyl (C=O) groups excluding carboxylic acids is 1. The molecule has 7 heteroatoms. The van der Waals surface area contributed by atoms with E-state index in [9.17, 15) is 4.79 Å². The van der Waals surface area contributed by atoms with Crippen molar-refractivity contribution in [2.24, 2.45) is 0 Å². The minimum absolute atomic E-state index is 0.0414. The number of amides is 1. The van der Waals surface area contributed by atoms with Gasteiger partial charge < -0.3 is 10.1 Å². The molecule has 1 N–H and O–H groups in total. The van der Waals surface area contributed by atoms with E-state index < -0.39 is 0 Å². The monoisotopic (exact) mass is 419 g/mol. The van der Waals surface area contributed by atoms with Crippen molar-refractivity contribution < 1.29 is 9.53 Å². The van der Waals surface area contributed by atoms with Gasteiger partial charge in [-0.05, 0) is 30.5 Å². The summed E-state index contributed by atoms with van der Waals surface area (Å²) in [6.45, 7) is 1.21. The second kappa shape index (κ2) is 9.73. The lowest BCUT2D eigenvalue weighted by atomic mass is 9.78. The number of para-hydroxylation sites is 1. The molecule has 1 aliphatic carbocycles. The van der Waals surface area contributed by atoms with Crippen LogP contribution >= 0.6 is 0 Å². The van der Waals surface area contributed by atoms with Crippen LogP contribution in [0.5, 0.6) is 5.75 Å². The Bertz CT molecular complexity index is 996. The van der Waals surface area contributed by atoms with Crippen LogP contribution in [-0.4, -0.2) is 39.8 Å². The standard InChI is InChI=1S/C24H29N5O2/c1-31-21-13-6-5-12-20(21)24(15-7-8-16-24)18-25-22(30)14-9-17-29-27-23(26-28-29)19-10-3-2-4-11-19/h2-6,10-13H,7-9,14-18H2,1H3,(H,25,30). The summed E-state index contributed by atoms with van der Waals surface area (Å²) in [5.74, 6) is 1.57. The van der Waals surface area contributed by atoms with Crippen LogP contribution in [0.3, 0.4) is 0 Å². The summed E-state index contributed by atoms with van der Waals surface area (Å²) in [5, 5.41) is 15.8. The SMILES string of the molecule is COc1ccccc1C1(CNC(=O)CCCn2nnc(-c3ccccc3)n2)CCCC1. The Labute approximate surface area is 182 Å². The highest BCUT2D eigenvalue weighted by Gasteiger charge is 2.37. The first-order valence-corrected chi connectivity index (χ1v) is 10.9. The van der Waals surface area contributed by atoms with Gasteiger partial charge in [0.25, 0.3) is 0 Å². The van der Waals surface area contributed by atoms with Crippen LogP contribution in [0.25, 0.3) is 11.4 Å². The summed E-state index contributed by atoms with van der Waals surface area (Å²) in [4.78, 5) is 14.1. The molecule has 7 nitrogen and oxygen atoms in total. The molecule has 0 atom stereocenters. The van der Waals surface area contributed by atoms with Gasteiger partial charge in [-0.15, -0.1) is 10.2 Å². The predicted molar refractivity (Wildman–Crippen MR) is 119 cm³/mol. The van der Waals surface area contributed by atoms with Gasteiger partial charge in [0.05, 0.1) is 13.7 Å². The number of aryl methyl sites for hydroxylation is 1. The Morgan fingerprint density at radius 2 is 1.84 bits per heavy atom. The fourth-order valence-corrected chi connectivity index (χ4v) is 4.45. The molecular formula is C24H29N5O2. The van der Waals surface area contributed by atoms with Crippen LogP contribution in [0.2, 0.25) is 0 Å². The summed E-state index contributed by atoms with van der Waals surface area (Å²) in [5.41, 5.74) is 2.10. The molecule has 1 saturated carbocycles. The highest BCUT2D eigenvalue weighted by atomic mass is 16.5. The highest BCUT2D eigenvalue weighted by molar-refractivity contribution is 5.76. The molecule has 0 bridgehead atoms. The van der Waals surface area contributed by atoms with Gasteiger partial charge in [-0.1, -0.05) is 61.4 Å². The van der Waals surface area contributed by atoms with E-state index in [1.165, 1.54) is 18.4 Å². The number of hydrogen-bond acceptors (Lipinski definition) is 5. The molecule has 3 aromatic rings. The van der Waals surface area contributed by atoms with Gasteiger partial charge in [0, 0.05) is 29.5 Å². The summed E-state index contributed by atoms with van der Waals surface area (Å²) in [6.07, 6.45) is 5.59. The normalized spacial score (nSPS) is 15.0. The van der Waals surface area contributed by atoms with Crippen LogP contribution in [0.1, 0.15) is 44.1 Å². The molecule has 0 radical (unpaired) electrons. The molecule has 1 amide bonds. The Balaban J connectivity index is 1.29. The van der Waals surface area contributed by atoms with Crippen LogP contribution in [0.15, 0.2) is 54.6 Å². The number of nitrogens with zero attached hydrogens (tertiary/aromatic N) is 4. The topological polar surface area (TPSA) is 81.9 Å². The third-order valence-electron chi connectivity index (χ3n) is 6.11. The number of carbonyl (C=O) groups is 1. The zero-order valence-corrected chi connectivity index (χ0v) is 18.0. The van der Waals surface area contributed by atoms with E-state index in [1.807, 2.05) is 42.5 Å². The van der Waals surface area contributed by atoms with Crippen molar-refractivity contribution in [3.05, 3.63) is 60.2 Å². The number of benzene rings is 2. The average Bonchev–Trinajstić information content (AvgIpc) is 3.49. The Kier molecular flexibility index (Phi) is 6.60. The molecule has 0 spiro atoms. The van der Waals surface area contributed by atoms with Gasteiger partial charge in [-0.25, -0.2) is 0 Å². The molecule has 1 heterocycles. The van der Waals surface area contributed by atoms with Crippen LogP contribution < -0.4 is 10.1 Å². The molecule has 1 fully saturated rings. The summed E-state index contributed by atoms with van der Waals surface area (Å²) in [6, 6.07) is 17.9. The van der Waals surface area contributed by atoms with Crippen molar-refractivity contribution in [1.82, 2.24) is 25.5 Å². The van der Waals surface area contributed by atoms with Crippen molar-refractivity contribution in [2.45, 2.75) is 50.5 Å². The lowest BCUT2D eigenvalue weighted by Crippen LogP contribution is -2.39. The number of hydrogen-bond donors (Lipinski definition) is 1. The number of ether oxygens (including phenoxy) is 1. The lowest BCUT2D eigenvalue weighted by molar-refractivity contribution is -0.121. The fraction of sp³-hybridized carbons (Fsp3) is 0.417. The van der Waals surface area contributed by atoms with E-state index in [0.717, 1.165) is 24.2 Å². The molecule has 4 rings (SSSR count). The number of rotatable bonds is 9. The first kappa shape index (κ1) is 21.0. The van der Waals surface area contributed by atoms with Crippen molar-refractivity contribution in [3.8, 4) is 17.1 Å². The maximum Gasteiger partial charge on any atom is 0.220 e. The smallest absolute Gasteiger partial charge is 0.220 e. The van der Waals surface area contributed by atoms with Gasteiger partial charge in [0.15, 0.2) is 0 Å². The maximum atomic E-state index is 12.5. The van der Waals surface area contributed by atoms with E-state index in [2.05, 4.69) is 32.9 Å². The third kappa shape index (κ3) is 4.93. The first-order chi connectivity index (χ1) is 15.2. The van der Waals surface area contributed by atoms with E-state index >= 15 is 0 Å². The van der Waals surface area contributed by atoms with Gasteiger partial charge in [0.2, 0.25) is 11.7 Å². The average molecular weight is 420 g/mol. The fourth-order valence-electron chi connectivity index (χ4n) is 4.45.